The van der Waals surface area contributed by atoms with Crippen molar-refractivity contribution in [3.63, 3.8) is 0 Å². The van der Waals surface area contributed by atoms with Crippen molar-refractivity contribution in [3.8, 4) is 0 Å². The summed E-state index contributed by atoms with van der Waals surface area (Å²) in [5.41, 5.74) is 0.469. The molecule has 1 atom stereocenters. The summed E-state index contributed by atoms with van der Waals surface area (Å²) >= 11 is 3.24. The Hall–Kier alpha value is -1.14. The van der Waals surface area contributed by atoms with Crippen LogP contribution in [0.3, 0.4) is 0 Å². The molecule has 0 amide bonds. The first-order valence-corrected chi connectivity index (χ1v) is 7.31. The first-order valence-electron chi connectivity index (χ1n) is 6.51. The fourth-order valence-corrected chi connectivity index (χ4v) is 3.26. The minimum absolute atomic E-state index is 0.0674. The molecule has 0 bridgehead atoms. The Kier molecular flexibility index (Phi) is 3.81. The van der Waals surface area contributed by atoms with Crippen molar-refractivity contribution in [1.29, 1.82) is 0 Å². The summed E-state index contributed by atoms with van der Waals surface area (Å²) in [6.07, 6.45) is 0.884. The molecule has 1 aliphatic rings. The Morgan fingerprint density at radius 3 is 2.50 bits per heavy atom. The van der Waals surface area contributed by atoms with Crippen molar-refractivity contribution in [3.05, 3.63) is 32.8 Å². The highest BCUT2D eigenvalue weighted by Gasteiger charge is 2.45. The van der Waals surface area contributed by atoms with E-state index in [9.17, 15) is 10.1 Å². The lowest BCUT2D eigenvalue weighted by atomic mass is 9.94. The molecule has 0 aliphatic carbocycles. The minimum atomic E-state index is -0.403. The number of halogens is 1. The number of benzene rings is 1. The molecule has 1 aliphatic heterocycles. The number of ether oxygens (including phenoxy) is 1. The summed E-state index contributed by atoms with van der Waals surface area (Å²) in [5.74, 6) is 0. The van der Waals surface area contributed by atoms with Gasteiger partial charge in [-0.2, -0.15) is 0 Å². The molecule has 1 saturated heterocycles. The molecule has 0 saturated carbocycles. The number of anilines is 1. The van der Waals surface area contributed by atoms with Gasteiger partial charge in [0.1, 0.15) is 0 Å². The standard InChI is InChI=1S/C14H19BrN2O3/c1-13(2)8-12(14(3,4)20-13)16-9-5-6-11(17(18)19)10(15)7-9/h5-7,12,16H,8H2,1-4H3. The molecule has 1 unspecified atom stereocenters. The topological polar surface area (TPSA) is 64.4 Å². The van der Waals surface area contributed by atoms with Crippen LogP contribution in [0.5, 0.6) is 0 Å². The van der Waals surface area contributed by atoms with Crippen LogP contribution < -0.4 is 5.32 Å². The van der Waals surface area contributed by atoms with E-state index in [1.54, 1.807) is 12.1 Å². The predicted molar refractivity (Wildman–Crippen MR) is 82.1 cm³/mol. The average molecular weight is 343 g/mol. The van der Waals surface area contributed by atoms with E-state index in [2.05, 4.69) is 48.9 Å². The van der Waals surface area contributed by atoms with Crippen molar-refractivity contribution in [1.82, 2.24) is 0 Å². The predicted octanol–water partition coefficient (Wildman–Crippen LogP) is 4.12. The fourth-order valence-electron chi connectivity index (χ4n) is 2.73. The van der Waals surface area contributed by atoms with E-state index >= 15 is 0 Å². The van der Waals surface area contributed by atoms with E-state index in [-0.39, 0.29) is 22.9 Å². The smallest absolute Gasteiger partial charge is 0.283 e. The number of hydrogen-bond acceptors (Lipinski definition) is 4. The van der Waals surface area contributed by atoms with Crippen LogP contribution >= 0.6 is 15.9 Å². The molecule has 1 N–H and O–H groups in total. The Morgan fingerprint density at radius 1 is 1.40 bits per heavy atom. The van der Waals surface area contributed by atoms with Crippen LogP contribution in [0.25, 0.3) is 0 Å². The largest absolute Gasteiger partial charge is 0.379 e. The van der Waals surface area contributed by atoms with E-state index < -0.39 is 4.92 Å². The summed E-state index contributed by atoms with van der Waals surface area (Å²) in [6.45, 7) is 8.25. The van der Waals surface area contributed by atoms with Crippen LogP contribution in [-0.2, 0) is 4.74 Å². The van der Waals surface area contributed by atoms with Gasteiger partial charge in [0.15, 0.2) is 0 Å². The van der Waals surface area contributed by atoms with E-state index in [4.69, 9.17) is 4.74 Å². The monoisotopic (exact) mass is 342 g/mol. The van der Waals surface area contributed by atoms with Gasteiger partial charge in [0, 0.05) is 11.8 Å². The molecule has 1 aromatic rings. The van der Waals surface area contributed by atoms with Crippen molar-refractivity contribution in [2.45, 2.75) is 51.4 Å². The number of nitrogens with zero attached hydrogens (tertiary/aromatic N) is 1. The Bertz CT molecular complexity index is 543. The third kappa shape index (κ3) is 3.12. The molecule has 0 radical (unpaired) electrons. The summed E-state index contributed by atoms with van der Waals surface area (Å²) in [4.78, 5) is 10.4. The number of rotatable bonds is 3. The van der Waals surface area contributed by atoms with Gasteiger partial charge in [-0.1, -0.05) is 0 Å². The normalized spacial score (nSPS) is 23.6. The van der Waals surface area contributed by atoms with Gasteiger partial charge < -0.3 is 10.1 Å². The first kappa shape index (κ1) is 15.3. The molecular weight excluding hydrogens is 324 g/mol. The van der Waals surface area contributed by atoms with Gasteiger partial charge in [-0.25, -0.2) is 0 Å². The number of nitrogens with one attached hydrogen (secondary N) is 1. The van der Waals surface area contributed by atoms with Crippen LogP contribution in [-0.4, -0.2) is 22.2 Å². The molecule has 0 aromatic heterocycles. The average Bonchev–Trinajstić information content (AvgIpc) is 2.45. The van der Waals surface area contributed by atoms with Crippen molar-refractivity contribution in [2.75, 3.05) is 5.32 Å². The zero-order valence-corrected chi connectivity index (χ0v) is 13.7. The maximum Gasteiger partial charge on any atom is 0.283 e. The third-order valence-corrected chi connectivity index (χ3v) is 4.19. The molecule has 1 aromatic carbocycles. The van der Waals surface area contributed by atoms with E-state index in [1.807, 2.05) is 0 Å². The minimum Gasteiger partial charge on any atom is -0.379 e. The zero-order chi connectivity index (χ0) is 15.1. The molecule has 6 heteroatoms. The third-order valence-electron chi connectivity index (χ3n) is 3.56. The lowest BCUT2D eigenvalue weighted by molar-refractivity contribution is -0.385. The van der Waals surface area contributed by atoms with Crippen molar-refractivity contribution in [2.24, 2.45) is 0 Å². The highest BCUT2D eigenvalue weighted by Crippen LogP contribution is 2.39. The quantitative estimate of drug-likeness (QED) is 0.662. The number of nitro benzene ring substituents is 1. The summed E-state index contributed by atoms with van der Waals surface area (Å²) in [5, 5.41) is 14.2. The number of hydrogen-bond donors (Lipinski definition) is 1. The second-order valence-electron chi connectivity index (χ2n) is 6.29. The maximum atomic E-state index is 10.8. The molecule has 110 valence electrons. The Labute approximate surface area is 127 Å². The molecule has 1 fully saturated rings. The van der Waals surface area contributed by atoms with Crippen LogP contribution in [0.1, 0.15) is 34.1 Å². The second kappa shape index (κ2) is 5.00. The lowest BCUT2D eigenvalue weighted by Crippen LogP contribution is -2.38. The molecule has 0 spiro atoms. The summed E-state index contributed by atoms with van der Waals surface area (Å²) < 4.78 is 6.51. The first-order chi connectivity index (χ1) is 9.11. The highest BCUT2D eigenvalue weighted by atomic mass is 79.9. The lowest BCUT2D eigenvalue weighted by Gasteiger charge is -2.28. The van der Waals surface area contributed by atoms with Gasteiger partial charge in [0.25, 0.3) is 5.69 Å². The summed E-state index contributed by atoms with van der Waals surface area (Å²) in [7, 11) is 0. The van der Waals surface area contributed by atoms with E-state index in [1.165, 1.54) is 6.07 Å². The SMILES string of the molecule is CC1(C)CC(Nc2ccc([N+](=O)[O-])c(Br)c2)C(C)(C)O1. The van der Waals surface area contributed by atoms with Gasteiger partial charge in [0.05, 0.1) is 26.6 Å². The maximum absolute atomic E-state index is 10.8. The van der Waals surface area contributed by atoms with Crippen LogP contribution in [0.4, 0.5) is 11.4 Å². The Balaban J connectivity index is 2.19. The zero-order valence-electron chi connectivity index (χ0n) is 12.1. The molecule has 1 heterocycles. The highest BCUT2D eigenvalue weighted by molar-refractivity contribution is 9.10. The molecule has 5 nitrogen and oxygen atoms in total. The van der Waals surface area contributed by atoms with Crippen LogP contribution in [0, 0.1) is 10.1 Å². The fraction of sp³-hybridized carbons (Fsp3) is 0.571. The van der Waals surface area contributed by atoms with Crippen molar-refractivity contribution < 1.29 is 9.66 Å². The van der Waals surface area contributed by atoms with E-state index in [0.29, 0.717) is 4.47 Å². The van der Waals surface area contributed by atoms with Gasteiger partial charge in [0.2, 0.25) is 0 Å². The van der Waals surface area contributed by atoms with Gasteiger partial charge in [-0.3, -0.25) is 10.1 Å². The van der Waals surface area contributed by atoms with Crippen molar-refractivity contribution >= 4 is 27.3 Å². The van der Waals surface area contributed by atoms with E-state index in [0.717, 1.165) is 12.1 Å². The van der Waals surface area contributed by atoms with Crippen LogP contribution in [0.2, 0.25) is 0 Å². The van der Waals surface area contributed by atoms with Gasteiger partial charge in [-0.15, -0.1) is 0 Å². The molecule has 2 rings (SSSR count). The molecular formula is C14H19BrN2O3. The second-order valence-corrected chi connectivity index (χ2v) is 7.14. The van der Waals surface area contributed by atoms with Crippen LogP contribution in [0.15, 0.2) is 22.7 Å². The summed E-state index contributed by atoms with van der Waals surface area (Å²) in [6, 6.07) is 5.12. The van der Waals surface area contributed by atoms with Gasteiger partial charge >= 0.3 is 0 Å². The number of nitro groups is 1. The van der Waals surface area contributed by atoms with Gasteiger partial charge in [-0.05, 0) is 62.2 Å². The Morgan fingerprint density at radius 2 is 2.05 bits per heavy atom. The molecule has 20 heavy (non-hydrogen) atoms.